The molecule has 1 aromatic rings. The van der Waals surface area contributed by atoms with E-state index in [2.05, 4.69) is 24.0 Å². The molecule has 1 heterocycles. The Bertz CT molecular complexity index is 435. The number of piperidine rings is 1. The van der Waals surface area contributed by atoms with Crippen molar-refractivity contribution < 1.29 is 14.6 Å². The maximum absolute atomic E-state index is 10.7. The van der Waals surface area contributed by atoms with Crippen LogP contribution < -0.4 is 0 Å². The van der Waals surface area contributed by atoms with Crippen LogP contribution in [0.15, 0.2) is 30.3 Å². The van der Waals surface area contributed by atoms with Gasteiger partial charge in [-0.15, -0.1) is 0 Å². The van der Waals surface area contributed by atoms with Crippen LogP contribution in [0.3, 0.4) is 0 Å². The zero-order valence-corrected chi connectivity index (χ0v) is 12.7. The van der Waals surface area contributed by atoms with Crippen molar-refractivity contribution in [1.82, 2.24) is 4.90 Å². The molecule has 1 aliphatic rings. The van der Waals surface area contributed by atoms with Crippen LogP contribution in [-0.4, -0.2) is 41.2 Å². The van der Waals surface area contributed by atoms with Gasteiger partial charge in [-0.1, -0.05) is 30.3 Å². The molecule has 4 nitrogen and oxygen atoms in total. The summed E-state index contributed by atoms with van der Waals surface area (Å²) in [6.07, 6.45) is 3.42. The molecule has 0 spiro atoms. The lowest BCUT2D eigenvalue weighted by Gasteiger charge is -2.36. The number of nitrogens with zero attached hydrogens (tertiary/aromatic N) is 1. The van der Waals surface area contributed by atoms with Crippen LogP contribution in [0.4, 0.5) is 0 Å². The first kappa shape index (κ1) is 16.0. The number of rotatable bonds is 7. The summed E-state index contributed by atoms with van der Waals surface area (Å²) in [6.45, 7) is 4.73. The van der Waals surface area contributed by atoms with Crippen molar-refractivity contribution in [3.05, 3.63) is 35.9 Å². The Kier molecular flexibility index (Phi) is 6.21. The number of carboxylic acids is 1. The minimum atomic E-state index is -0.712. The first-order valence-electron chi connectivity index (χ1n) is 7.76. The molecule has 1 aliphatic heterocycles. The molecule has 0 amide bonds. The number of carbonyl (C=O) groups is 1. The SMILES string of the molecule is CC(CCC(=O)O)N1CCC[C@@H](OCc2ccccc2)C1. The molecule has 0 aromatic heterocycles. The lowest BCUT2D eigenvalue weighted by molar-refractivity contribution is -0.137. The highest BCUT2D eigenvalue weighted by atomic mass is 16.5. The summed E-state index contributed by atoms with van der Waals surface area (Å²) in [5.41, 5.74) is 1.20. The lowest BCUT2D eigenvalue weighted by atomic mass is 10.0. The third-order valence-electron chi connectivity index (χ3n) is 4.14. The largest absolute Gasteiger partial charge is 0.481 e. The summed E-state index contributed by atoms with van der Waals surface area (Å²) in [5, 5.41) is 8.78. The van der Waals surface area contributed by atoms with Crippen LogP contribution in [-0.2, 0) is 16.1 Å². The highest BCUT2D eigenvalue weighted by molar-refractivity contribution is 5.66. The Morgan fingerprint density at radius 2 is 2.19 bits per heavy atom. The molecule has 21 heavy (non-hydrogen) atoms. The van der Waals surface area contributed by atoms with Crippen LogP contribution in [0.1, 0.15) is 38.2 Å². The third-order valence-corrected chi connectivity index (χ3v) is 4.14. The highest BCUT2D eigenvalue weighted by Gasteiger charge is 2.24. The monoisotopic (exact) mass is 291 g/mol. The fourth-order valence-corrected chi connectivity index (χ4v) is 2.81. The van der Waals surface area contributed by atoms with Gasteiger partial charge in [0.1, 0.15) is 0 Å². The van der Waals surface area contributed by atoms with Gasteiger partial charge in [-0.2, -0.15) is 0 Å². The Morgan fingerprint density at radius 1 is 1.43 bits per heavy atom. The second-order valence-electron chi connectivity index (χ2n) is 5.84. The predicted molar refractivity (Wildman–Crippen MR) is 82.2 cm³/mol. The first-order chi connectivity index (χ1) is 10.1. The van der Waals surface area contributed by atoms with Gasteiger partial charge in [0.2, 0.25) is 0 Å². The molecule has 1 aromatic carbocycles. The predicted octanol–water partition coefficient (Wildman–Crippen LogP) is 2.92. The average molecular weight is 291 g/mol. The average Bonchev–Trinajstić information content (AvgIpc) is 2.52. The van der Waals surface area contributed by atoms with Gasteiger partial charge < -0.3 is 9.84 Å². The minimum Gasteiger partial charge on any atom is -0.481 e. The number of carboxylic acid groups (broad SMARTS) is 1. The van der Waals surface area contributed by atoms with Crippen LogP contribution >= 0.6 is 0 Å². The van der Waals surface area contributed by atoms with E-state index in [0.717, 1.165) is 25.9 Å². The smallest absolute Gasteiger partial charge is 0.303 e. The quantitative estimate of drug-likeness (QED) is 0.839. The van der Waals surface area contributed by atoms with Crippen molar-refractivity contribution in [1.29, 1.82) is 0 Å². The van der Waals surface area contributed by atoms with Gasteiger partial charge in [0.25, 0.3) is 0 Å². The van der Waals surface area contributed by atoms with Gasteiger partial charge in [0.15, 0.2) is 0 Å². The van der Waals surface area contributed by atoms with E-state index in [0.29, 0.717) is 19.1 Å². The number of hydrogen-bond acceptors (Lipinski definition) is 3. The van der Waals surface area contributed by atoms with E-state index in [1.54, 1.807) is 0 Å². The second kappa shape index (κ2) is 8.15. The Hall–Kier alpha value is -1.39. The van der Waals surface area contributed by atoms with Gasteiger partial charge in [-0.05, 0) is 38.3 Å². The Labute approximate surface area is 126 Å². The van der Waals surface area contributed by atoms with Crippen molar-refractivity contribution in [2.24, 2.45) is 0 Å². The molecule has 116 valence electrons. The number of ether oxygens (including phenoxy) is 1. The molecule has 0 radical (unpaired) electrons. The van der Waals surface area contributed by atoms with E-state index in [1.807, 2.05) is 18.2 Å². The second-order valence-corrected chi connectivity index (χ2v) is 5.84. The van der Waals surface area contributed by atoms with Crippen LogP contribution in [0.25, 0.3) is 0 Å². The lowest BCUT2D eigenvalue weighted by Crippen LogP contribution is -2.44. The van der Waals surface area contributed by atoms with E-state index in [1.165, 1.54) is 5.56 Å². The van der Waals surface area contributed by atoms with E-state index >= 15 is 0 Å². The topological polar surface area (TPSA) is 49.8 Å². The summed E-state index contributed by atoms with van der Waals surface area (Å²) in [5.74, 6) is -0.712. The number of aliphatic carboxylic acids is 1. The zero-order valence-electron chi connectivity index (χ0n) is 12.7. The maximum Gasteiger partial charge on any atom is 0.303 e. The first-order valence-corrected chi connectivity index (χ1v) is 7.76. The molecule has 1 N–H and O–H groups in total. The van der Waals surface area contributed by atoms with Gasteiger partial charge in [-0.3, -0.25) is 9.69 Å². The third kappa shape index (κ3) is 5.48. The number of hydrogen-bond donors (Lipinski definition) is 1. The molecule has 0 saturated carbocycles. The van der Waals surface area contributed by atoms with Crippen LogP contribution in [0.2, 0.25) is 0 Å². The summed E-state index contributed by atoms with van der Waals surface area (Å²) in [4.78, 5) is 13.0. The maximum atomic E-state index is 10.7. The molecular weight excluding hydrogens is 266 g/mol. The van der Waals surface area contributed by atoms with Crippen molar-refractivity contribution in [3.63, 3.8) is 0 Å². The fraction of sp³-hybridized carbons (Fsp3) is 0.588. The van der Waals surface area contributed by atoms with Gasteiger partial charge in [0.05, 0.1) is 12.7 Å². The molecule has 2 atom stereocenters. The summed E-state index contributed by atoms with van der Waals surface area (Å²) >= 11 is 0. The van der Waals surface area contributed by atoms with Crippen molar-refractivity contribution in [3.8, 4) is 0 Å². The summed E-state index contributed by atoms with van der Waals surface area (Å²) in [6, 6.07) is 10.5. The molecule has 1 saturated heterocycles. The van der Waals surface area contributed by atoms with Crippen molar-refractivity contribution in [2.75, 3.05) is 13.1 Å². The molecule has 1 fully saturated rings. The van der Waals surface area contributed by atoms with Crippen molar-refractivity contribution >= 4 is 5.97 Å². The normalized spacial score (nSPS) is 21.1. The summed E-state index contributed by atoms with van der Waals surface area (Å²) < 4.78 is 6.02. The van der Waals surface area contributed by atoms with E-state index < -0.39 is 5.97 Å². The van der Waals surface area contributed by atoms with E-state index in [9.17, 15) is 4.79 Å². The van der Waals surface area contributed by atoms with E-state index in [4.69, 9.17) is 9.84 Å². The van der Waals surface area contributed by atoms with E-state index in [-0.39, 0.29) is 12.5 Å². The van der Waals surface area contributed by atoms with Gasteiger partial charge in [0, 0.05) is 19.0 Å². The molecule has 1 unspecified atom stereocenters. The molecule has 2 rings (SSSR count). The molecule has 0 bridgehead atoms. The highest BCUT2D eigenvalue weighted by Crippen LogP contribution is 2.19. The van der Waals surface area contributed by atoms with Crippen LogP contribution in [0.5, 0.6) is 0 Å². The molecule has 4 heteroatoms. The minimum absolute atomic E-state index is 0.243. The van der Waals surface area contributed by atoms with Crippen LogP contribution in [0, 0.1) is 0 Å². The zero-order chi connectivity index (χ0) is 15.1. The summed E-state index contributed by atoms with van der Waals surface area (Å²) in [7, 11) is 0. The number of likely N-dealkylation sites (tertiary alicyclic amines) is 1. The molecule has 0 aliphatic carbocycles. The van der Waals surface area contributed by atoms with Gasteiger partial charge in [-0.25, -0.2) is 0 Å². The molecular formula is C17H25NO3. The standard InChI is InChI=1S/C17H25NO3/c1-14(9-10-17(19)20)18-11-5-8-16(12-18)21-13-15-6-3-2-4-7-15/h2-4,6-7,14,16H,5,8-13H2,1H3,(H,19,20)/t14?,16-/m1/s1. The fourth-order valence-electron chi connectivity index (χ4n) is 2.81. The Morgan fingerprint density at radius 3 is 2.90 bits per heavy atom. The van der Waals surface area contributed by atoms with Gasteiger partial charge >= 0.3 is 5.97 Å². The Balaban J connectivity index is 1.76. The number of benzene rings is 1. The van der Waals surface area contributed by atoms with Crippen molar-refractivity contribution in [2.45, 2.75) is 51.4 Å².